The molecule has 18 heavy (non-hydrogen) atoms. The van der Waals surface area contributed by atoms with Crippen molar-refractivity contribution in [2.75, 3.05) is 39.5 Å². The van der Waals surface area contributed by atoms with Crippen molar-refractivity contribution in [2.45, 2.75) is 18.3 Å². The second kappa shape index (κ2) is 5.94. The molecule has 2 aliphatic rings. The van der Waals surface area contributed by atoms with Crippen LogP contribution < -0.4 is 0 Å². The first-order valence-corrected chi connectivity index (χ1v) is 7.32. The van der Waals surface area contributed by atoms with Crippen LogP contribution in [0.25, 0.3) is 0 Å². The summed E-state index contributed by atoms with van der Waals surface area (Å²) in [7, 11) is -3.89. The Morgan fingerprint density at radius 1 is 1.33 bits per heavy atom. The molecule has 2 fully saturated rings. The monoisotopic (exact) mass is 283 g/mol. The minimum atomic E-state index is -3.89. The fraction of sp³-hybridized carbons (Fsp3) is 1.00. The zero-order chi connectivity index (χ0) is 13.2. The van der Waals surface area contributed by atoms with E-state index in [1.165, 1.54) is 4.67 Å². The van der Waals surface area contributed by atoms with Crippen molar-refractivity contribution >= 4 is 7.75 Å². The normalized spacial score (nSPS) is 37.6. The number of ether oxygens (including phenoxy) is 2. The van der Waals surface area contributed by atoms with Crippen molar-refractivity contribution in [3.63, 3.8) is 0 Å². The molecule has 0 amide bonds. The average Bonchev–Trinajstić information content (AvgIpc) is 2.69. The number of aliphatic hydroxyl groups excluding tert-OH is 2. The molecule has 0 aliphatic carbocycles. The van der Waals surface area contributed by atoms with E-state index in [0.29, 0.717) is 26.3 Å². The third-order valence-corrected chi connectivity index (χ3v) is 4.61. The molecule has 0 aromatic carbocycles. The molecule has 8 nitrogen and oxygen atoms in total. The third kappa shape index (κ3) is 3.28. The Labute approximate surface area is 105 Å². The lowest BCUT2D eigenvalue weighted by molar-refractivity contribution is -0.00823. The summed E-state index contributed by atoms with van der Waals surface area (Å²) in [5.41, 5.74) is 0. The number of aliphatic hydroxyl groups is 2. The van der Waals surface area contributed by atoms with Crippen molar-refractivity contribution in [2.24, 2.45) is 0 Å². The second-order valence-electron chi connectivity index (χ2n) is 4.28. The van der Waals surface area contributed by atoms with E-state index >= 15 is 0 Å². The van der Waals surface area contributed by atoms with Gasteiger partial charge in [0.1, 0.15) is 18.3 Å². The quantitative estimate of drug-likeness (QED) is 0.538. The molecule has 2 aliphatic heterocycles. The van der Waals surface area contributed by atoms with Crippen LogP contribution in [0.3, 0.4) is 0 Å². The summed E-state index contributed by atoms with van der Waals surface area (Å²) < 4.78 is 28.3. The zero-order valence-corrected chi connectivity index (χ0v) is 10.7. The smallest absolute Gasteiger partial charge is 0.388 e. The highest BCUT2D eigenvalue weighted by Crippen LogP contribution is 2.46. The Balaban J connectivity index is 1.83. The number of hydrogen-bond donors (Lipinski definition) is 3. The van der Waals surface area contributed by atoms with Crippen LogP contribution in [0.4, 0.5) is 0 Å². The van der Waals surface area contributed by atoms with E-state index < -0.39 is 26.1 Å². The highest BCUT2D eigenvalue weighted by molar-refractivity contribution is 7.50. The van der Waals surface area contributed by atoms with Crippen LogP contribution >= 0.6 is 7.75 Å². The predicted molar refractivity (Wildman–Crippen MR) is 59.9 cm³/mol. The maximum absolute atomic E-state index is 11.9. The molecule has 0 bridgehead atoms. The van der Waals surface area contributed by atoms with E-state index in [-0.39, 0.29) is 13.2 Å². The van der Waals surface area contributed by atoms with E-state index in [1.54, 1.807) is 0 Å². The van der Waals surface area contributed by atoms with E-state index in [9.17, 15) is 19.7 Å². The maximum Gasteiger partial charge on any atom is 0.405 e. The van der Waals surface area contributed by atoms with Gasteiger partial charge in [-0.25, -0.2) is 9.24 Å². The molecule has 2 rings (SSSR count). The van der Waals surface area contributed by atoms with Crippen molar-refractivity contribution < 1.29 is 33.7 Å². The highest BCUT2D eigenvalue weighted by atomic mass is 31.2. The Bertz CT molecular complexity index is 322. The van der Waals surface area contributed by atoms with Gasteiger partial charge in [0.25, 0.3) is 0 Å². The molecule has 3 unspecified atom stereocenters. The van der Waals surface area contributed by atoms with Crippen LogP contribution in [-0.4, -0.2) is 77.6 Å². The van der Waals surface area contributed by atoms with Crippen LogP contribution in [0.1, 0.15) is 0 Å². The summed E-state index contributed by atoms with van der Waals surface area (Å²) in [5.74, 6) is 0. The molecule has 2 heterocycles. The first kappa shape index (κ1) is 14.4. The standard InChI is InChI=1S/C9H18NO7P/c11-7-5-16-8(9(7)12)6-17-18(13,14)10-1-3-15-4-2-10/h7-9,11-12H,1-6H2,(H,13,14)/t7?,8-,9?/m1/s1. The first-order chi connectivity index (χ1) is 8.50. The molecule has 0 aromatic heterocycles. The Hall–Kier alpha value is -0.0500. The average molecular weight is 283 g/mol. The summed E-state index contributed by atoms with van der Waals surface area (Å²) in [6.07, 6.45) is -2.84. The Kier molecular flexibility index (Phi) is 4.74. The number of rotatable bonds is 4. The van der Waals surface area contributed by atoms with Gasteiger partial charge in [-0.05, 0) is 0 Å². The topological polar surface area (TPSA) is 109 Å². The summed E-state index contributed by atoms with van der Waals surface area (Å²) >= 11 is 0. The molecule has 0 saturated carbocycles. The minimum absolute atomic E-state index is 0.00246. The van der Waals surface area contributed by atoms with Gasteiger partial charge in [-0.3, -0.25) is 4.52 Å². The van der Waals surface area contributed by atoms with Gasteiger partial charge in [0, 0.05) is 13.1 Å². The van der Waals surface area contributed by atoms with Gasteiger partial charge < -0.3 is 24.6 Å². The van der Waals surface area contributed by atoms with Crippen molar-refractivity contribution in [1.29, 1.82) is 0 Å². The highest BCUT2D eigenvalue weighted by Gasteiger charge is 2.38. The molecule has 2 saturated heterocycles. The van der Waals surface area contributed by atoms with Gasteiger partial charge in [0.2, 0.25) is 0 Å². The number of morpholine rings is 1. The molecule has 106 valence electrons. The van der Waals surface area contributed by atoms with Gasteiger partial charge in [0.15, 0.2) is 0 Å². The lowest BCUT2D eigenvalue weighted by Crippen LogP contribution is -2.36. The molecule has 4 atom stereocenters. The molecule has 0 radical (unpaired) electrons. The minimum Gasteiger partial charge on any atom is -0.388 e. The van der Waals surface area contributed by atoms with Gasteiger partial charge in [0.05, 0.1) is 26.4 Å². The summed E-state index contributed by atoms with van der Waals surface area (Å²) in [6.45, 7) is 1.19. The van der Waals surface area contributed by atoms with Gasteiger partial charge in [-0.2, -0.15) is 0 Å². The lowest BCUT2D eigenvalue weighted by atomic mass is 10.2. The van der Waals surface area contributed by atoms with Crippen molar-refractivity contribution in [1.82, 2.24) is 4.67 Å². The zero-order valence-electron chi connectivity index (χ0n) is 9.84. The molecular formula is C9H18NO7P. The van der Waals surface area contributed by atoms with Crippen molar-refractivity contribution in [3.8, 4) is 0 Å². The lowest BCUT2D eigenvalue weighted by Gasteiger charge is -2.30. The van der Waals surface area contributed by atoms with Crippen molar-refractivity contribution in [3.05, 3.63) is 0 Å². The fourth-order valence-electron chi connectivity index (χ4n) is 1.87. The number of hydrogen-bond acceptors (Lipinski definition) is 6. The molecular weight excluding hydrogens is 265 g/mol. The summed E-state index contributed by atoms with van der Waals surface area (Å²) in [4.78, 5) is 9.76. The number of nitrogens with zero attached hydrogens (tertiary/aromatic N) is 1. The largest absolute Gasteiger partial charge is 0.405 e. The van der Waals surface area contributed by atoms with Gasteiger partial charge in [-0.1, -0.05) is 0 Å². The van der Waals surface area contributed by atoms with Gasteiger partial charge in [-0.15, -0.1) is 0 Å². The molecule has 0 spiro atoms. The fourth-order valence-corrected chi connectivity index (χ4v) is 3.05. The van der Waals surface area contributed by atoms with E-state index in [1.807, 2.05) is 0 Å². The van der Waals surface area contributed by atoms with Crippen LogP contribution in [0.5, 0.6) is 0 Å². The van der Waals surface area contributed by atoms with Crippen LogP contribution in [0.2, 0.25) is 0 Å². The second-order valence-corrected chi connectivity index (χ2v) is 6.09. The predicted octanol–water partition coefficient (Wildman–Crippen LogP) is -1.44. The van der Waals surface area contributed by atoms with Gasteiger partial charge >= 0.3 is 7.75 Å². The summed E-state index contributed by atoms with van der Waals surface area (Å²) in [5, 5.41) is 18.8. The maximum atomic E-state index is 11.9. The van der Waals surface area contributed by atoms with E-state index in [4.69, 9.17) is 14.0 Å². The van der Waals surface area contributed by atoms with E-state index in [0.717, 1.165) is 0 Å². The Morgan fingerprint density at radius 3 is 2.56 bits per heavy atom. The van der Waals surface area contributed by atoms with E-state index in [2.05, 4.69) is 0 Å². The van der Waals surface area contributed by atoms with Crippen LogP contribution in [0.15, 0.2) is 0 Å². The molecule has 3 N–H and O–H groups in total. The molecule has 9 heteroatoms. The van der Waals surface area contributed by atoms with Crippen LogP contribution in [0, 0.1) is 0 Å². The first-order valence-electron chi connectivity index (χ1n) is 5.79. The molecule has 0 aromatic rings. The third-order valence-electron chi connectivity index (χ3n) is 3.01. The summed E-state index contributed by atoms with van der Waals surface area (Å²) in [6, 6.07) is 0. The Morgan fingerprint density at radius 2 is 2.00 bits per heavy atom. The van der Waals surface area contributed by atoms with Crippen LogP contribution in [-0.2, 0) is 18.6 Å². The SMILES string of the molecule is O=P(O)(OC[C@H]1OCC(O)C1O)N1CCOCC1.